The monoisotopic (exact) mass is 280 g/mol. The molecule has 0 aromatic heterocycles. The van der Waals surface area contributed by atoms with Gasteiger partial charge in [-0.15, -0.1) is 0 Å². The molecule has 1 heterocycles. The Morgan fingerprint density at radius 2 is 1.41 bits per heavy atom. The first-order chi connectivity index (χ1) is 7.54. The van der Waals surface area contributed by atoms with Crippen molar-refractivity contribution in [3.63, 3.8) is 0 Å². The maximum atomic E-state index is 6.47. The summed E-state index contributed by atoms with van der Waals surface area (Å²) >= 11 is 0. The van der Waals surface area contributed by atoms with Crippen LogP contribution in [-0.4, -0.2) is 24.7 Å². The van der Waals surface area contributed by atoms with Crippen molar-refractivity contribution in [1.82, 2.24) is 0 Å². The van der Waals surface area contributed by atoms with Gasteiger partial charge in [-0.2, -0.15) is 0 Å². The third-order valence-corrected chi connectivity index (χ3v) is 13.5. The second-order valence-corrected chi connectivity index (χ2v) is 20.1. The van der Waals surface area contributed by atoms with Crippen LogP contribution in [0.4, 0.5) is 0 Å². The predicted molar refractivity (Wildman–Crippen MR) is 84.7 cm³/mol. The molecule has 0 saturated heterocycles. The van der Waals surface area contributed by atoms with Crippen LogP contribution in [-0.2, 0) is 4.12 Å². The van der Waals surface area contributed by atoms with Crippen molar-refractivity contribution in [2.24, 2.45) is 0 Å². The van der Waals surface area contributed by atoms with E-state index < -0.39 is 24.7 Å². The van der Waals surface area contributed by atoms with E-state index in [0.29, 0.717) is 0 Å². The van der Waals surface area contributed by atoms with Gasteiger partial charge in [-0.1, -0.05) is 43.0 Å². The Bertz CT molecular complexity index is 458. The Hall–Kier alpha value is -0.169. The predicted octanol–water partition coefficient (Wildman–Crippen LogP) is 2.09. The van der Waals surface area contributed by atoms with Gasteiger partial charge in [-0.3, -0.25) is 0 Å². The minimum atomic E-state index is -1.62. The summed E-state index contributed by atoms with van der Waals surface area (Å²) in [5.41, 5.74) is 0. The minimum absolute atomic E-state index is 1.20. The summed E-state index contributed by atoms with van der Waals surface area (Å²) in [6.07, 6.45) is 0. The van der Waals surface area contributed by atoms with Gasteiger partial charge in [0.25, 0.3) is 0 Å². The first kappa shape index (κ1) is 13.3. The van der Waals surface area contributed by atoms with E-state index in [2.05, 4.69) is 64.0 Å². The van der Waals surface area contributed by atoms with E-state index >= 15 is 0 Å². The molecule has 1 aliphatic rings. The molecule has 0 atom stereocenters. The lowest BCUT2D eigenvalue weighted by Crippen LogP contribution is -2.49. The zero-order chi connectivity index (χ0) is 13.1. The van der Waals surface area contributed by atoms with Gasteiger partial charge in [0, 0.05) is 0 Å². The smallest absolute Gasteiger partial charge is 0.206 e. The van der Waals surface area contributed by atoms with Crippen LogP contribution in [0.25, 0.3) is 0 Å². The number of benzene rings is 1. The molecule has 4 heteroatoms. The average molecular weight is 281 g/mol. The molecule has 0 unspecified atom stereocenters. The molecular weight excluding hydrogens is 256 g/mol. The number of rotatable bonds is 1. The van der Waals surface area contributed by atoms with Crippen molar-refractivity contribution in [1.29, 1.82) is 0 Å². The van der Waals surface area contributed by atoms with E-state index in [1.54, 1.807) is 15.6 Å². The molecule has 2 rings (SSSR count). The van der Waals surface area contributed by atoms with E-state index in [4.69, 9.17) is 4.12 Å². The lowest BCUT2D eigenvalue weighted by Gasteiger charge is -2.22. The molecule has 17 heavy (non-hydrogen) atoms. The second kappa shape index (κ2) is 3.66. The molecule has 0 N–H and O–H groups in total. The Morgan fingerprint density at radius 1 is 0.882 bits per heavy atom. The molecule has 0 spiro atoms. The van der Waals surface area contributed by atoms with E-state index in [0.717, 1.165) is 0 Å². The normalized spacial score (nSPS) is 21.4. The molecule has 1 nitrogen and oxygen atoms in total. The summed E-state index contributed by atoms with van der Waals surface area (Å²) in [6.45, 7) is 16.6. The van der Waals surface area contributed by atoms with Gasteiger partial charge in [0.05, 0.1) is 8.07 Å². The Labute approximate surface area is 108 Å². The fourth-order valence-electron chi connectivity index (χ4n) is 2.78. The van der Waals surface area contributed by atoms with Crippen LogP contribution in [0.2, 0.25) is 45.8 Å². The summed E-state index contributed by atoms with van der Waals surface area (Å²) in [6, 6.07) is 7.21. The highest BCUT2D eigenvalue weighted by atomic mass is 28.4. The zero-order valence-electron chi connectivity index (χ0n) is 12.1. The van der Waals surface area contributed by atoms with Crippen molar-refractivity contribution >= 4 is 40.3 Å². The van der Waals surface area contributed by atoms with Gasteiger partial charge in [0.2, 0.25) is 16.6 Å². The molecule has 0 bridgehead atoms. The number of fused-ring (bicyclic) bond motifs is 1. The first-order valence-electron chi connectivity index (χ1n) is 6.40. The van der Waals surface area contributed by atoms with Crippen molar-refractivity contribution < 1.29 is 4.12 Å². The highest BCUT2D eigenvalue weighted by Crippen LogP contribution is 2.21. The maximum absolute atomic E-state index is 6.47. The van der Waals surface area contributed by atoms with Crippen LogP contribution < -0.4 is 15.6 Å². The van der Waals surface area contributed by atoms with E-state index in [1.807, 2.05) is 0 Å². The van der Waals surface area contributed by atoms with Gasteiger partial charge in [-0.05, 0) is 36.6 Å². The summed E-state index contributed by atoms with van der Waals surface area (Å²) in [5.74, 6) is 0. The van der Waals surface area contributed by atoms with Crippen molar-refractivity contribution in [2.75, 3.05) is 0 Å². The van der Waals surface area contributed by atoms with Crippen LogP contribution in [0.1, 0.15) is 0 Å². The summed E-state index contributed by atoms with van der Waals surface area (Å²) < 4.78 is 6.47. The second-order valence-electron chi connectivity index (χ2n) is 7.13. The first-order valence-corrected chi connectivity index (χ1v) is 15.7. The lowest BCUT2D eigenvalue weighted by molar-refractivity contribution is 0.583. The summed E-state index contributed by atoms with van der Waals surface area (Å²) in [5, 5.41) is 4.71. The van der Waals surface area contributed by atoms with Crippen molar-refractivity contribution in [2.45, 2.75) is 45.8 Å². The van der Waals surface area contributed by atoms with E-state index in [9.17, 15) is 0 Å². The van der Waals surface area contributed by atoms with Crippen LogP contribution in [0.5, 0.6) is 0 Å². The summed E-state index contributed by atoms with van der Waals surface area (Å²) in [7, 11) is -4.43. The fraction of sp³-hybridized carbons (Fsp3) is 0.538. The molecule has 0 aliphatic carbocycles. The highest BCUT2D eigenvalue weighted by molar-refractivity contribution is 7.06. The van der Waals surface area contributed by atoms with Crippen LogP contribution >= 0.6 is 0 Å². The Morgan fingerprint density at radius 3 is 1.94 bits per heavy atom. The quantitative estimate of drug-likeness (QED) is 0.716. The average Bonchev–Trinajstić information content (AvgIpc) is 2.31. The number of hydrogen-bond donors (Lipinski definition) is 0. The topological polar surface area (TPSA) is 9.23 Å². The minimum Gasteiger partial charge on any atom is -0.449 e. The third kappa shape index (κ3) is 2.23. The fourth-order valence-corrected chi connectivity index (χ4v) is 14.3. The van der Waals surface area contributed by atoms with Crippen LogP contribution in [0, 0.1) is 0 Å². The lowest BCUT2D eigenvalue weighted by atomic mass is 10.3. The Balaban J connectivity index is 2.61. The maximum Gasteiger partial charge on any atom is 0.206 e. The van der Waals surface area contributed by atoms with Gasteiger partial charge < -0.3 is 4.12 Å². The molecule has 1 aromatic carbocycles. The van der Waals surface area contributed by atoms with E-state index in [1.165, 1.54) is 0 Å². The van der Waals surface area contributed by atoms with Crippen LogP contribution in [0.15, 0.2) is 18.2 Å². The molecular formula is C13H24OSi3. The van der Waals surface area contributed by atoms with Gasteiger partial charge >= 0.3 is 0 Å². The molecule has 0 radical (unpaired) electrons. The molecule has 0 fully saturated rings. The summed E-state index contributed by atoms with van der Waals surface area (Å²) in [4.78, 5) is 0. The van der Waals surface area contributed by atoms with Gasteiger partial charge in [0.15, 0.2) is 0 Å². The van der Waals surface area contributed by atoms with E-state index in [-0.39, 0.29) is 0 Å². The zero-order valence-corrected chi connectivity index (χ0v) is 15.1. The highest BCUT2D eigenvalue weighted by Gasteiger charge is 2.46. The largest absolute Gasteiger partial charge is 0.449 e. The Kier molecular flexibility index (Phi) is 2.86. The number of hydrogen-bond acceptors (Lipinski definition) is 1. The van der Waals surface area contributed by atoms with Crippen LogP contribution in [0.3, 0.4) is 0 Å². The molecule has 0 amide bonds. The molecule has 94 valence electrons. The SMILES string of the molecule is C[Si](C)(C)c1ccc2c(c1)[Si](C)(C)O[Si]2(C)C. The third-order valence-electron chi connectivity index (χ3n) is 3.69. The standard InChI is InChI=1S/C13H24OSi3/c1-15(2,3)11-8-9-12-13(10-11)17(6,7)14-16(12,4)5/h8-10H,1-7H3. The van der Waals surface area contributed by atoms with Gasteiger partial charge in [0.1, 0.15) is 0 Å². The van der Waals surface area contributed by atoms with Gasteiger partial charge in [-0.25, -0.2) is 0 Å². The molecule has 0 saturated carbocycles. The van der Waals surface area contributed by atoms with Crippen molar-refractivity contribution in [3.8, 4) is 0 Å². The molecule has 1 aromatic rings. The molecule has 1 aliphatic heterocycles. The van der Waals surface area contributed by atoms with Crippen molar-refractivity contribution in [3.05, 3.63) is 18.2 Å².